The molecule has 0 unspecified atom stereocenters. The number of amides is 2. The molecule has 0 atom stereocenters. The number of ether oxygens (including phenoxy) is 1. The Hall–Kier alpha value is -2.35. The lowest BCUT2D eigenvalue weighted by Crippen LogP contribution is -2.40. The maximum atomic E-state index is 12.3. The monoisotopic (exact) mass is 481 g/mol. The topological polar surface area (TPSA) is 79.5 Å². The third kappa shape index (κ3) is 9.12. The Morgan fingerprint density at radius 2 is 1.84 bits per heavy atom. The molecule has 0 spiro atoms. The van der Waals surface area contributed by atoms with Crippen LogP contribution in [0.1, 0.15) is 44.0 Å². The molecule has 0 saturated carbocycles. The molecule has 2 aromatic rings. The number of nitrogens with one attached hydrogen (secondary N) is 3. The van der Waals surface area contributed by atoms with Gasteiger partial charge in [-0.1, -0.05) is 29.3 Å². The third-order valence-corrected chi connectivity index (χ3v) is 4.56. The van der Waals surface area contributed by atoms with Crippen LogP contribution in [0, 0.1) is 0 Å². The van der Waals surface area contributed by atoms with Crippen molar-refractivity contribution in [2.24, 2.45) is 0 Å². The van der Waals surface area contributed by atoms with E-state index in [1.807, 2.05) is 20.8 Å². The number of thiocarbonyl (C=S) groups is 1. The largest absolute Gasteiger partial charge is 0.492 e. The van der Waals surface area contributed by atoms with Crippen LogP contribution in [0.5, 0.6) is 5.75 Å². The summed E-state index contributed by atoms with van der Waals surface area (Å²) in [4.78, 5) is 24.4. The summed E-state index contributed by atoms with van der Waals surface area (Å²) < 4.78 is 5.56. The summed E-state index contributed by atoms with van der Waals surface area (Å²) in [6.07, 6.45) is 0.705. The molecule has 0 aliphatic heterocycles. The second-order valence-corrected chi connectivity index (χ2v) is 9.07. The van der Waals surface area contributed by atoms with Gasteiger partial charge in [-0.15, -0.1) is 0 Å². The predicted molar refractivity (Wildman–Crippen MR) is 129 cm³/mol. The van der Waals surface area contributed by atoms with Gasteiger partial charge in [0.1, 0.15) is 5.75 Å². The van der Waals surface area contributed by atoms with Crippen LogP contribution in [0.2, 0.25) is 10.0 Å². The van der Waals surface area contributed by atoms with E-state index in [4.69, 9.17) is 40.2 Å². The van der Waals surface area contributed by atoms with E-state index in [2.05, 4.69) is 16.0 Å². The summed E-state index contributed by atoms with van der Waals surface area (Å²) in [6.45, 7) is 6.05. The van der Waals surface area contributed by atoms with Gasteiger partial charge >= 0.3 is 0 Å². The van der Waals surface area contributed by atoms with Gasteiger partial charge in [0.15, 0.2) is 5.11 Å². The number of benzene rings is 2. The molecule has 6 nitrogen and oxygen atoms in total. The average Bonchev–Trinajstić information content (AvgIpc) is 2.65. The summed E-state index contributed by atoms with van der Waals surface area (Å²) in [7, 11) is 0. The van der Waals surface area contributed by atoms with Crippen molar-refractivity contribution < 1.29 is 14.3 Å². The zero-order valence-electron chi connectivity index (χ0n) is 17.6. The minimum atomic E-state index is -0.341. The van der Waals surface area contributed by atoms with Gasteiger partial charge in [-0.3, -0.25) is 9.59 Å². The van der Waals surface area contributed by atoms with Gasteiger partial charge in [0.25, 0.3) is 5.91 Å². The molecule has 0 aromatic heterocycles. The van der Waals surface area contributed by atoms with Gasteiger partial charge in [0.2, 0.25) is 5.91 Å². The van der Waals surface area contributed by atoms with Gasteiger partial charge in [-0.2, -0.15) is 0 Å². The highest BCUT2D eigenvalue weighted by molar-refractivity contribution is 7.80. The average molecular weight is 482 g/mol. The number of carbonyl (C=O) groups excluding carboxylic acids is 2. The Morgan fingerprint density at radius 3 is 2.52 bits per heavy atom. The van der Waals surface area contributed by atoms with E-state index in [1.54, 1.807) is 42.5 Å². The fourth-order valence-electron chi connectivity index (χ4n) is 2.51. The zero-order valence-corrected chi connectivity index (χ0v) is 19.9. The van der Waals surface area contributed by atoms with E-state index in [1.165, 1.54) is 0 Å². The first-order valence-corrected chi connectivity index (χ1v) is 10.8. The second kappa shape index (κ2) is 11.3. The van der Waals surface area contributed by atoms with Crippen molar-refractivity contribution in [3.05, 3.63) is 58.1 Å². The Labute approximate surface area is 197 Å². The van der Waals surface area contributed by atoms with Crippen LogP contribution in [-0.2, 0) is 4.79 Å². The van der Waals surface area contributed by atoms with Crippen LogP contribution < -0.4 is 20.7 Å². The lowest BCUT2D eigenvalue weighted by molar-refractivity contribution is -0.119. The highest BCUT2D eigenvalue weighted by Crippen LogP contribution is 2.27. The Bertz CT molecular complexity index is 961. The Kier molecular flexibility index (Phi) is 9.10. The van der Waals surface area contributed by atoms with Crippen LogP contribution in [0.3, 0.4) is 0 Å². The van der Waals surface area contributed by atoms with Crippen LogP contribution in [0.4, 0.5) is 5.69 Å². The zero-order chi connectivity index (χ0) is 23.0. The maximum absolute atomic E-state index is 12.3. The molecular weight excluding hydrogens is 457 g/mol. The van der Waals surface area contributed by atoms with Gasteiger partial charge in [0, 0.05) is 28.2 Å². The number of halogens is 2. The van der Waals surface area contributed by atoms with Crippen LogP contribution in [0.25, 0.3) is 0 Å². The van der Waals surface area contributed by atoms with Crippen molar-refractivity contribution in [2.45, 2.75) is 39.2 Å². The van der Waals surface area contributed by atoms with E-state index < -0.39 is 0 Å². The molecule has 2 amide bonds. The highest BCUT2D eigenvalue weighted by atomic mass is 35.5. The second-order valence-electron chi connectivity index (χ2n) is 7.81. The molecule has 0 bridgehead atoms. The summed E-state index contributed by atoms with van der Waals surface area (Å²) >= 11 is 17.1. The van der Waals surface area contributed by atoms with Crippen molar-refractivity contribution in [1.82, 2.24) is 10.6 Å². The summed E-state index contributed by atoms with van der Waals surface area (Å²) in [5.41, 5.74) is 0.756. The van der Waals surface area contributed by atoms with Gasteiger partial charge in [0.05, 0.1) is 11.6 Å². The van der Waals surface area contributed by atoms with E-state index >= 15 is 0 Å². The van der Waals surface area contributed by atoms with E-state index in [0.717, 1.165) is 0 Å². The van der Waals surface area contributed by atoms with Crippen molar-refractivity contribution in [3.8, 4) is 5.75 Å². The number of hydrogen-bond donors (Lipinski definition) is 3. The number of carbonyl (C=O) groups is 2. The van der Waals surface area contributed by atoms with Crippen molar-refractivity contribution >= 4 is 58.0 Å². The third-order valence-electron chi connectivity index (χ3n) is 3.82. The number of anilines is 1. The summed E-state index contributed by atoms with van der Waals surface area (Å²) in [5, 5.41) is 9.53. The highest BCUT2D eigenvalue weighted by Gasteiger charge is 2.15. The Morgan fingerprint density at radius 1 is 1.10 bits per heavy atom. The van der Waals surface area contributed by atoms with E-state index in [-0.39, 0.29) is 28.9 Å². The summed E-state index contributed by atoms with van der Waals surface area (Å²) in [6, 6.07) is 11.8. The fourth-order valence-corrected chi connectivity index (χ4v) is 3.20. The van der Waals surface area contributed by atoms with Crippen LogP contribution in [-0.4, -0.2) is 29.1 Å². The Balaban J connectivity index is 1.77. The molecule has 9 heteroatoms. The van der Waals surface area contributed by atoms with Gasteiger partial charge in [-0.05, 0) is 75.8 Å². The maximum Gasteiger partial charge on any atom is 0.251 e. The molecule has 3 N–H and O–H groups in total. The minimum absolute atomic E-state index is 0.153. The first-order valence-electron chi connectivity index (χ1n) is 9.65. The molecular formula is C22H25Cl2N3O3S. The molecule has 166 valence electrons. The smallest absolute Gasteiger partial charge is 0.251 e. The SMILES string of the molecule is CC(C)(C)NC(=O)c1cccc(NC(=S)NC(=O)CCCOc2ccc(Cl)cc2Cl)c1. The molecule has 0 radical (unpaired) electrons. The number of rotatable bonds is 7. The standard InChI is InChI=1S/C22H25Cl2N3O3S/c1-22(2,3)27-20(29)14-6-4-7-16(12-14)25-21(31)26-19(28)8-5-11-30-18-10-9-15(23)13-17(18)24/h4,6-7,9-10,12-13H,5,8,11H2,1-3H3,(H,27,29)(H2,25,26,28,31). The van der Waals surface area contributed by atoms with Gasteiger partial charge < -0.3 is 20.7 Å². The van der Waals surface area contributed by atoms with Gasteiger partial charge in [-0.25, -0.2) is 0 Å². The molecule has 0 fully saturated rings. The normalized spacial score (nSPS) is 10.9. The molecule has 0 aliphatic carbocycles. The lowest BCUT2D eigenvalue weighted by Gasteiger charge is -2.20. The van der Waals surface area contributed by atoms with Crippen LogP contribution in [0.15, 0.2) is 42.5 Å². The minimum Gasteiger partial charge on any atom is -0.492 e. The molecule has 0 aliphatic rings. The van der Waals surface area contributed by atoms with E-state index in [0.29, 0.717) is 40.1 Å². The van der Waals surface area contributed by atoms with Crippen molar-refractivity contribution in [2.75, 3.05) is 11.9 Å². The van der Waals surface area contributed by atoms with Crippen LogP contribution >= 0.6 is 35.4 Å². The first kappa shape index (κ1) is 24.9. The lowest BCUT2D eigenvalue weighted by atomic mass is 10.1. The van der Waals surface area contributed by atoms with Crippen molar-refractivity contribution in [1.29, 1.82) is 0 Å². The predicted octanol–water partition coefficient (Wildman–Crippen LogP) is 5.19. The summed E-state index contributed by atoms with van der Waals surface area (Å²) in [5.74, 6) is 0.0795. The van der Waals surface area contributed by atoms with Crippen molar-refractivity contribution in [3.63, 3.8) is 0 Å². The fraction of sp³-hybridized carbons (Fsp3) is 0.318. The first-order chi connectivity index (χ1) is 14.5. The van der Waals surface area contributed by atoms with E-state index in [9.17, 15) is 9.59 Å². The molecule has 0 heterocycles. The molecule has 0 saturated heterocycles. The molecule has 2 aromatic carbocycles. The molecule has 31 heavy (non-hydrogen) atoms. The quantitative estimate of drug-likeness (QED) is 0.374. The number of hydrogen-bond acceptors (Lipinski definition) is 4. The molecule has 2 rings (SSSR count).